The van der Waals surface area contributed by atoms with E-state index in [1.807, 2.05) is 6.07 Å². The van der Waals surface area contributed by atoms with Crippen LogP contribution in [-0.4, -0.2) is 41.1 Å². The number of aromatic nitrogens is 4. The molecule has 0 aliphatic rings. The topological polar surface area (TPSA) is 91.2 Å². The first kappa shape index (κ1) is 29.7. The van der Waals surface area contributed by atoms with E-state index in [2.05, 4.69) is 85.1 Å². The minimum atomic E-state index is -1.96. The van der Waals surface area contributed by atoms with Crippen LogP contribution in [0.1, 0.15) is 73.1 Å². The third-order valence-electron chi connectivity index (χ3n) is 7.24. The number of methoxy groups -OCH3 is 1. The minimum Gasteiger partial charge on any atom is -0.465 e. The zero-order valence-electron chi connectivity index (χ0n) is 24.0. The van der Waals surface area contributed by atoms with E-state index in [1.54, 1.807) is 12.1 Å². The molecule has 9 heteroatoms. The second kappa shape index (κ2) is 13.3. The Balaban J connectivity index is 1.66. The maximum absolute atomic E-state index is 12.3. The van der Waals surface area contributed by atoms with Crippen molar-refractivity contribution in [1.82, 2.24) is 25.1 Å². The number of rotatable bonds is 13. The zero-order chi connectivity index (χ0) is 27.8. The molecule has 0 unspecified atom stereocenters. The molecule has 0 aliphatic carbocycles. The molecule has 1 aromatic carbocycles. The number of carbonyl (C=O) groups is 1. The van der Waals surface area contributed by atoms with Crippen molar-refractivity contribution in [2.24, 2.45) is 0 Å². The maximum Gasteiger partial charge on any atom is 0.337 e. The van der Waals surface area contributed by atoms with Gasteiger partial charge in [0.25, 0.3) is 0 Å². The zero-order valence-corrected chi connectivity index (χ0v) is 25.0. The van der Waals surface area contributed by atoms with Gasteiger partial charge < -0.3 is 19.0 Å². The van der Waals surface area contributed by atoms with Crippen LogP contribution in [-0.2, 0) is 48.2 Å². The van der Waals surface area contributed by atoms with Crippen LogP contribution in [0.25, 0.3) is 0 Å². The highest BCUT2D eigenvalue weighted by Gasteiger charge is 2.37. The largest absolute Gasteiger partial charge is 0.465 e. The van der Waals surface area contributed by atoms with Crippen molar-refractivity contribution < 1.29 is 14.0 Å². The summed E-state index contributed by atoms with van der Waals surface area (Å²) >= 11 is 0. The quantitative estimate of drug-likeness (QED) is 0.228. The van der Waals surface area contributed by atoms with Crippen LogP contribution in [0.5, 0.6) is 0 Å². The molecule has 3 rings (SSSR count). The van der Waals surface area contributed by atoms with Gasteiger partial charge in [-0.1, -0.05) is 58.0 Å². The fraction of sp³-hybridized carbons (Fsp3) is 0.517. The van der Waals surface area contributed by atoms with Crippen LogP contribution in [0.4, 0.5) is 0 Å². The second-order valence-corrected chi connectivity index (χ2v) is 15.9. The number of nitrogens with one attached hydrogen (secondary N) is 1. The lowest BCUT2D eigenvalue weighted by molar-refractivity contribution is 0.0600. The average molecular weight is 538 g/mol. The molecule has 0 saturated carbocycles. The molecule has 0 bridgehead atoms. The number of esters is 1. The van der Waals surface area contributed by atoms with Gasteiger partial charge in [-0.05, 0) is 48.7 Å². The minimum absolute atomic E-state index is 0.0890. The summed E-state index contributed by atoms with van der Waals surface area (Å²) in [7, 11) is -0.567. The smallest absolute Gasteiger partial charge is 0.337 e. The van der Waals surface area contributed by atoms with Gasteiger partial charge in [0.1, 0.15) is 11.6 Å². The first-order chi connectivity index (χ1) is 18.0. The number of aryl methyl sites for hydroxylation is 2. The van der Waals surface area contributed by atoms with E-state index < -0.39 is 8.32 Å². The van der Waals surface area contributed by atoms with Crippen LogP contribution in [0, 0.1) is 0 Å². The normalized spacial score (nSPS) is 12.1. The molecule has 0 spiro atoms. The third-order valence-corrected chi connectivity index (χ3v) is 11.7. The maximum atomic E-state index is 12.3. The predicted octanol–water partition coefficient (Wildman–Crippen LogP) is 5.47. The van der Waals surface area contributed by atoms with Gasteiger partial charge >= 0.3 is 5.97 Å². The van der Waals surface area contributed by atoms with Crippen molar-refractivity contribution in [2.45, 2.75) is 91.3 Å². The summed E-state index contributed by atoms with van der Waals surface area (Å²) in [6, 6.07) is 14.1. The van der Waals surface area contributed by atoms with Gasteiger partial charge in [0.05, 0.1) is 37.2 Å². The summed E-state index contributed by atoms with van der Waals surface area (Å²) in [6.07, 6.45) is 2.86. The van der Waals surface area contributed by atoms with Crippen LogP contribution in [0.2, 0.25) is 18.1 Å². The summed E-state index contributed by atoms with van der Waals surface area (Å²) in [5.74, 6) is 1.51. The first-order valence-electron chi connectivity index (χ1n) is 13.4. The number of hydrogen-bond acceptors (Lipinski definition) is 7. The standard InChI is InChI=1S/C29H43N5O3Si/c1-8-26-32-33-27(34(26)16-12-15-22-13-10-9-11-14-22)20-30-19-24-17-23(28(35)36-5)18-25(31-24)21-37-38(6,7)29(2,3)4/h9-11,13-14,17-18,30H,8,12,15-16,19-21H2,1-7H3. The van der Waals surface area contributed by atoms with Crippen molar-refractivity contribution in [3.8, 4) is 0 Å². The number of hydrogen-bond donors (Lipinski definition) is 1. The predicted molar refractivity (Wildman–Crippen MR) is 152 cm³/mol. The highest BCUT2D eigenvalue weighted by molar-refractivity contribution is 6.74. The molecule has 206 valence electrons. The van der Waals surface area contributed by atoms with Gasteiger partial charge in [0.2, 0.25) is 0 Å². The van der Waals surface area contributed by atoms with Gasteiger partial charge in [0, 0.05) is 19.5 Å². The van der Waals surface area contributed by atoms with Crippen molar-refractivity contribution in [3.05, 3.63) is 76.6 Å². The van der Waals surface area contributed by atoms with Crippen molar-refractivity contribution in [1.29, 1.82) is 0 Å². The van der Waals surface area contributed by atoms with E-state index in [0.29, 0.717) is 25.3 Å². The number of carbonyl (C=O) groups excluding carboxylic acids is 1. The SMILES string of the molecule is CCc1nnc(CNCc2cc(C(=O)OC)cc(CO[Si](C)(C)C(C)(C)C)n2)n1CCCc1ccccc1. The highest BCUT2D eigenvalue weighted by atomic mass is 28.4. The molecule has 3 aromatic rings. The highest BCUT2D eigenvalue weighted by Crippen LogP contribution is 2.37. The Morgan fingerprint density at radius 2 is 1.71 bits per heavy atom. The molecule has 0 aliphatic heterocycles. The molecule has 1 N–H and O–H groups in total. The Labute approximate surface area is 228 Å². The lowest BCUT2D eigenvalue weighted by atomic mass is 10.1. The molecular weight excluding hydrogens is 494 g/mol. The molecule has 38 heavy (non-hydrogen) atoms. The van der Waals surface area contributed by atoms with Gasteiger partial charge in [0.15, 0.2) is 8.32 Å². The lowest BCUT2D eigenvalue weighted by Crippen LogP contribution is -2.40. The van der Waals surface area contributed by atoms with E-state index >= 15 is 0 Å². The molecule has 8 nitrogen and oxygen atoms in total. The van der Waals surface area contributed by atoms with Crippen molar-refractivity contribution in [3.63, 3.8) is 0 Å². The third kappa shape index (κ3) is 8.06. The van der Waals surface area contributed by atoms with Crippen molar-refractivity contribution in [2.75, 3.05) is 7.11 Å². The van der Waals surface area contributed by atoms with E-state index in [0.717, 1.165) is 48.8 Å². The van der Waals surface area contributed by atoms with E-state index in [4.69, 9.17) is 14.1 Å². The van der Waals surface area contributed by atoms with E-state index in [9.17, 15) is 4.79 Å². The Bertz CT molecular complexity index is 1190. The summed E-state index contributed by atoms with van der Waals surface area (Å²) in [6.45, 7) is 15.4. The number of nitrogens with zero attached hydrogens (tertiary/aromatic N) is 4. The molecule has 0 radical (unpaired) electrons. The fourth-order valence-corrected chi connectivity index (χ4v) is 4.87. The number of pyridine rings is 1. The lowest BCUT2D eigenvalue weighted by Gasteiger charge is -2.36. The van der Waals surface area contributed by atoms with Gasteiger partial charge in [-0.15, -0.1) is 10.2 Å². The Morgan fingerprint density at radius 1 is 1.03 bits per heavy atom. The van der Waals surface area contributed by atoms with E-state index in [1.165, 1.54) is 12.7 Å². The Hall–Kier alpha value is -2.88. The number of benzene rings is 1. The fourth-order valence-electron chi connectivity index (χ4n) is 3.93. The average Bonchev–Trinajstić information content (AvgIpc) is 3.28. The summed E-state index contributed by atoms with van der Waals surface area (Å²) < 4.78 is 13.6. The Morgan fingerprint density at radius 3 is 2.37 bits per heavy atom. The van der Waals surface area contributed by atoms with Gasteiger partial charge in [-0.2, -0.15) is 0 Å². The first-order valence-corrected chi connectivity index (χ1v) is 16.3. The van der Waals surface area contributed by atoms with E-state index in [-0.39, 0.29) is 11.0 Å². The monoisotopic (exact) mass is 537 g/mol. The molecule has 0 atom stereocenters. The summed E-state index contributed by atoms with van der Waals surface area (Å²) in [5, 5.41) is 12.4. The summed E-state index contributed by atoms with van der Waals surface area (Å²) in [4.78, 5) is 17.1. The molecule has 0 amide bonds. The van der Waals surface area contributed by atoms with Crippen LogP contribution in [0.3, 0.4) is 0 Å². The molecule has 2 heterocycles. The molecule has 0 saturated heterocycles. The van der Waals surface area contributed by atoms with Crippen LogP contribution in [0.15, 0.2) is 42.5 Å². The second-order valence-electron chi connectivity index (χ2n) is 11.1. The molecule has 0 fully saturated rings. The molecule has 2 aromatic heterocycles. The van der Waals surface area contributed by atoms with Gasteiger partial charge in [-0.25, -0.2) is 4.79 Å². The van der Waals surface area contributed by atoms with Gasteiger partial charge in [-0.3, -0.25) is 4.98 Å². The number of ether oxygens (including phenoxy) is 1. The van der Waals surface area contributed by atoms with Crippen LogP contribution >= 0.6 is 0 Å². The molecular formula is C29H43N5O3Si. The summed E-state index contributed by atoms with van der Waals surface area (Å²) in [5.41, 5.74) is 3.30. The Kier molecular flexibility index (Phi) is 10.4. The van der Waals surface area contributed by atoms with Crippen LogP contribution < -0.4 is 5.32 Å². The van der Waals surface area contributed by atoms with Crippen molar-refractivity contribution >= 4 is 14.3 Å².